The molecule has 1 aliphatic rings. The van der Waals surface area contributed by atoms with Crippen LogP contribution >= 0.6 is 0 Å². The molecule has 3 heterocycles. The number of benzene rings is 4. The van der Waals surface area contributed by atoms with E-state index in [1.165, 1.54) is 41.2 Å². The van der Waals surface area contributed by atoms with E-state index in [2.05, 4.69) is 112 Å². The van der Waals surface area contributed by atoms with Gasteiger partial charge < -0.3 is 9.40 Å². The molecule has 1 saturated carbocycles. The third kappa shape index (κ3) is 7.73. The number of fused-ring (bicyclic) bond motifs is 3. The van der Waals surface area contributed by atoms with Gasteiger partial charge in [-0.3, -0.25) is 0 Å². The van der Waals surface area contributed by atoms with Crippen LogP contribution in [0.4, 0.5) is 0 Å². The van der Waals surface area contributed by atoms with Crippen LogP contribution in [0.2, 0.25) is 17.3 Å². The predicted molar refractivity (Wildman–Crippen MR) is 198 cm³/mol. The minimum absolute atomic E-state index is 0. The summed E-state index contributed by atoms with van der Waals surface area (Å²) >= 11 is -1.72. The second kappa shape index (κ2) is 15.2. The van der Waals surface area contributed by atoms with Gasteiger partial charge in [0.2, 0.25) is 0 Å². The van der Waals surface area contributed by atoms with Crippen LogP contribution in [0, 0.1) is 18.1 Å². The summed E-state index contributed by atoms with van der Waals surface area (Å²) in [6, 6.07) is 44.3. The van der Waals surface area contributed by atoms with Crippen LogP contribution in [-0.2, 0) is 26.5 Å². The van der Waals surface area contributed by atoms with Gasteiger partial charge in [0.1, 0.15) is 5.58 Å². The first kappa shape index (κ1) is 34.1. The molecule has 0 aliphatic heterocycles. The Hall–Kier alpha value is -3.83. The van der Waals surface area contributed by atoms with Gasteiger partial charge in [0.05, 0.1) is 5.58 Å². The Morgan fingerprint density at radius 3 is 2.27 bits per heavy atom. The molecule has 0 saturated heterocycles. The van der Waals surface area contributed by atoms with Gasteiger partial charge in [-0.25, -0.2) is 0 Å². The van der Waals surface area contributed by atoms with E-state index in [0.29, 0.717) is 0 Å². The molecule has 1 aliphatic carbocycles. The molecule has 48 heavy (non-hydrogen) atoms. The molecule has 5 heteroatoms. The summed E-state index contributed by atoms with van der Waals surface area (Å²) in [5.41, 5.74) is 9.46. The summed E-state index contributed by atoms with van der Waals surface area (Å²) in [7, 11) is 0. The Labute approximate surface area is 300 Å². The van der Waals surface area contributed by atoms with Crippen molar-refractivity contribution in [3.63, 3.8) is 0 Å². The summed E-state index contributed by atoms with van der Waals surface area (Å²) < 4.78 is 7.85. The number of rotatable bonds is 6. The van der Waals surface area contributed by atoms with Crippen molar-refractivity contribution in [3.05, 3.63) is 139 Å². The number of hydrogen-bond donors (Lipinski definition) is 0. The summed E-state index contributed by atoms with van der Waals surface area (Å²) in [6.45, 7) is 0. The van der Waals surface area contributed by atoms with E-state index in [9.17, 15) is 0 Å². The van der Waals surface area contributed by atoms with E-state index in [0.717, 1.165) is 62.4 Å². The molecule has 0 bridgehead atoms. The van der Waals surface area contributed by atoms with Gasteiger partial charge in [-0.2, -0.15) is 0 Å². The normalized spacial score (nSPS) is 13.2. The zero-order chi connectivity index (χ0) is 32.2. The largest absolute Gasteiger partial charge is 0.501 e. The monoisotopic (exact) mass is 867 g/mol. The first-order valence-corrected chi connectivity index (χ1v) is 24.1. The molecule has 0 spiro atoms. The molecule has 1 radical (unpaired) electrons. The van der Waals surface area contributed by atoms with Crippen molar-refractivity contribution in [1.29, 1.82) is 0 Å². The van der Waals surface area contributed by atoms with Crippen LogP contribution in [0.1, 0.15) is 31.2 Å². The molecule has 8 rings (SSSR count). The molecular weight excluding hydrogens is 825 g/mol. The van der Waals surface area contributed by atoms with E-state index in [1.54, 1.807) is 0 Å². The minimum atomic E-state index is -1.72. The molecule has 7 aromatic rings. The summed E-state index contributed by atoms with van der Waals surface area (Å²) in [5.74, 6) is 7.96. The smallest absolute Gasteiger partial charge is 0.121 e. The standard InChI is InChI=1S/C29H24NO.C14H16GeN.Ir/c1-2-9-22(10-3-1)23-13-14-24-25-11-6-12-26(29(25)31-28(24)19-23)27-18-21(15-16-30-27)17-20-7-4-5-8-20;1-15(2,3)13-9-10-14(16-11-13)12-7-5-4-6-8-12;/h1-3,6,9-11,13-16,18-20H,4-5,7-8,17H2;4-7,9-11H,1-3H3;/q2*-1;. The molecule has 0 unspecified atom stereocenters. The van der Waals surface area contributed by atoms with Gasteiger partial charge in [-0.05, 0) is 41.3 Å². The van der Waals surface area contributed by atoms with Crippen LogP contribution in [0.3, 0.4) is 0 Å². The van der Waals surface area contributed by atoms with Crippen molar-refractivity contribution in [1.82, 2.24) is 9.97 Å². The van der Waals surface area contributed by atoms with Crippen LogP contribution in [-0.4, -0.2) is 23.2 Å². The second-order valence-electron chi connectivity index (χ2n) is 13.6. The summed E-state index contributed by atoms with van der Waals surface area (Å²) in [5, 5.41) is 2.25. The Bertz CT molecular complexity index is 2100. The number of nitrogens with zero attached hydrogens (tertiary/aromatic N) is 2. The van der Waals surface area contributed by atoms with Gasteiger partial charge >= 0.3 is 99.8 Å². The zero-order valence-corrected chi connectivity index (χ0v) is 32.3. The van der Waals surface area contributed by atoms with Crippen LogP contribution < -0.4 is 4.40 Å². The molecule has 1 fully saturated rings. The molecule has 0 amide bonds. The van der Waals surface area contributed by atoms with Crippen molar-refractivity contribution >= 4 is 39.6 Å². The van der Waals surface area contributed by atoms with Gasteiger partial charge in [-0.1, -0.05) is 90.7 Å². The van der Waals surface area contributed by atoms with E-state index in [1.807, 2.05) is 48.8 Å². The van der Waals surface area contributed by atoms with E-state index < -0.39 is 13.3 Å². The third-order valence-electron chi connectivity index (χ3n) is 9.23. The molecule has 0 N–H and O–H groups in total. The quantitative estimate of drug-likeness (QED) is 0.123. The third-order valence-corrected chi connectivity index (χ3v) is 13.5. The van der Waals surface area contributed by atoms with Gasteiger partial charge in [0.15, 0.2) is 0 Å². The first-order valence-electron chi connectivity index (χ1n) is 16.7. The molecule has 243 valence electrons. The fourth-order valence-electron chi connectivity index (χ4n) is 6.58. The Kier molecular flexibility index (Phi) is 10.8. The van der Waals surface area contributed by atoms with Crippen molar-refractivity contribution in [3.8, 4) is 33.6 Å². The molecule has 4 aromatic carbocycles. The molecular formula is C43H40GeIrN2O-2. The average molecular weight is 866 g/mol. The van der Waals surface area contributed by atoms with Crippen molar-refractivity contribution in [2.24, 2.45) is 5.92 Å². The number of furan rings is 1. The fourth-order valence-corrected chi connectivity index (χ4v) is 8.75. The number of aromatic nitrogens is 2. The number of pyridine rings is 2. The summed E-state index contributed by atoms with van der Waals surface area (Å²) in [4.78, 5) is 9.21. The van der Waals surface area contributed by atoms with E-state index >= 15 is 0 Å². The van der Waals surface area contributed by atoms with Crippen LogP contribution in [0.25, 0.3) is 55.6 Å². The Balaban J connectivity index is 0.000000201. The molecule has 0 atom stereocenters. The average Bonchev–Trinajstić information content (AvgIpc) is 3.76. The summed E-state index contributed by atoms with van der Waals surface area (Å²) in [6.07, 6.45) is 10.6. The Morgan fingerprint density at radius 1 is 0.729 bits per heavy atom. The first-order chi connectivity index (χ1) is 22.9. The van der Waals surface area contributed by atoms with Crippen molar-refractivity contribution in [2.45, 2.75) is 49.4 Å². The SMILES string of the molecule is [CH3][Ge]([CH3])([CH3])[c]1ccc(-c2[c-]cccc2)nc1.[Ir].[c-]1ccc2c(oc3cc(-c4ccccc4)ccc32)c1-c1cc(CC2CCCC2)ccn1. The number of hydrogen-bond acceptors (Lipinski definition) is 3. The topological polar surface area (TPSA) is 38.9 Å². The van der Waals surface area contributed by atoms with Gasteiger partial charge in [-0.15, -0.1) is 18.2 Å². The molecule has 3 aromatic heterocycles. The zero-order valence-electron chi connectivity index (χ0n) is 27.8. The second-order valence-corrected chi connectivity index (χ2v) is 24.3. The van der Waals surface area contributed by atoms with E-state index in [4.69, 9.17) is 4.42 Å². The van der Waals surface area contributed by atoms with Crippen LogP contribution in [0.5, 0.6) is 0 Å². The van der Waals surface area contributed by atoms with Crippen molar-refractivity contribution in [2.75, 3.05) is 0 Å². The van der Waals surface area contributed by atoms with Crippen molar-refractivity contribution < 1.29 is 24.5 Å². The molecule has 3 nitrogen and oxygen atoms in total. The minimum Gasteiger partial charge on any atom is -0.501 e. The van der Waals surface area contributed by atoms with Gasteiger partial charge in [0, 0.05) is 31.7 Å². The maximum absolute atomic E-state index is 6.40. The van der Waals surface area contributed by atoms with Crippen LogP contribution in [0.15, 0.2) is 126 Å². The maximum atomic E-state index is 6.40. The van der Waals surface area contributed by atoms with E-state index in [-0.39, 0.29) is 20.1 Å². The fraction of sp³-hybridized carbons (Fsp3) is 0.209. The predicted octanol–water partition coefficient (Wildman–Crippen LogP) is 10.9. The maximum Gasteiger partial charge on any atom is 0.121 e. The van der Waals surface area contributed by atoms with Gasteiger partial charge in [0.25, 0.3) is 0 Å². The Morgan fingerprint density at radius 2 is 1.54 bits per heavy atom.